The van der Waals surface area contributed by atoms with Gasteiger partial charge in [0.05, 0.1) is 41.8 Å². The Labute approximate surface area is 292 Å². The molecule has 10 nitrogen and oxygen atoms in total. The highest BCUT2D eigenvalue weighted by Gasteiger charge is 2.47. The number of ether oxygens (including phenoxy) is 1. The number of hydrogen-bond acceptors (Lipinski definition) is 9. The maximum absolute atomic E-state index is 13.8. The highest BCUT2D eigenvalue weighted by molar-refractivity contribution is 6.36. The summed E-state index contributed by atoms with van der Waals surface area (Å²) in [5, 5.41) is 16.1. The highest BCUT2D eigenvalue weighted by atomic mass is 35.5. The number of likely N-dealkylation sites (N-methyl/N-ethyl adjacent to an activating group) is 1. The zero-order chi connectivity index (χ0) is 33.5. The number of halogens is 1. The minimum absolute atomic E-state index is 0.0153. The molecule has 0 spiro atoms. The van der Waals surface area contributed by atoms with Crippen LogP contribution in [0.5, 0.6) is 6.01 Å². The van der Waals surface area contributed by atoms with Crippen LogP contribution in [0, 0.1) is 11.3 Å². The molecule has 3 fully saturated rings. The summed E-state index contributed by atoms with van der Waals surface area (Å²) in [6.07, 6.45) is 3.26. The largest absolute Gasteiger partial charge is 0.462 e. The van der Waals surface area contributed by atoms with Crippen LogP contribution in [0.2, 0.25) is 5.02 Å². The van der Waals surface area contributed by atoms with E-state index in [2.05, 4.69) is 57.4 Å². The molecule has 8 rings (SSSR count). The Hall–Kier alpha value is -4.43. The Kier molecular flexibility index (Phi) is 8.74. The summed E-state index contributed by atoms with van der Waals surface area (Å²) >= 11 is 6.75. The first-order valence-electron chi connectivity index (χ1n) is 17.4. The average molecular weight is 677 g/mol. The van der Waals surface area contributed by atoms with E-state index in [0.717, 1.165) is 76.5 Å². The molecule has 0 unspecified atom stereocenters. The lowest BCUT2D eigenvalue weighted by atomic mass is 10.0. The van der Waals surface area contributed by atoms with Crippen molar-refractivity contribution in [1.29, 1.82) is 5.26 Å². The molecule has 252 valence electrons. The van der Waals surface area contributed by atoms with E-state index in [1.165, 1.54) is 0 Å². The van der Waals surface area contributed by atoms with Gasteiger partial charge in [-0.1, -0.05) is 66.2 Å². The van der Waals surface area contributed by atoms with Crippen LogP contribution in [-0.4, -0.2) is 90.2 Å². The third-order valence-electron chi connectivity index (χ3n) is 10.7. The number of nitrogens with one attached hydrogen (secondary N) is 1. The lowest BCUT2D eigenvalue weighted by Crippen LogP contribution is -2.57. The SMILES string of the molecule is CN1CCC[C@H]1COc1nc2c(c(N3CCN(C(=O)[C@H]4N[C@@H]4c4ccccc4)[C@@H](CC#N)C3)n1)CCN(c1cccc3cccc(Cl)c13)C2. The van der Waals surface area contributed by atoms with Crippen LogP contribution < -0.4 is 19.9 Å². The third kappa shape index (κ3) is 6.27. The van der Waals surface area contributed by atoms with Crippen LogP contribution in [-0.2, 0) is 17.8 Å². The van der Waals surface area contributed by atoms with E-state index in [-0.39, 0.29) is 30.5 Å². The van der Waals surface area contributed by atoms with Crippen molar-refractivity contribution in [3.05, 3.63) is 88.6 Å². The van der Waals surface area contributed by atoms with E-state index < -0.39 is 0 Å². The summed E-state index contributed by atoms with van der Waals surface area (Å²) < 4.78 is 6.36. The van der Waals surface area contributed by atoms with Gasteiger partial charge in [0.15, 0.2) is 0 Å². The first-order chi connectivity index (χ1) is 24.0. The van der Waals surface area contributed by atoms with Gasteiger partial charge in [-0.25, -0.2) is 0 Å². The number of nitriles is 1. The number of amides is 1. The molecule has 0 bridgehead atoms. The number of carbonyl (C=O) groups is 1. The van der Waals surface area contributed by atoms with Crippen LogP contribution >= 0.6 is 11.6 Å². The van der Waals surface area contributed by atoms with Gasteiger partial charge in [0.1, 0.15) is 18.5 Å². The number of hydrogen-bond donors (Lipinski definition) is 1. The molecule has 0 radical (unpaired) electrons. The highest BCUT2D eigenvalue weighted by Crippen LogP contribution is 2.38. The Balaban J connectivity index is 1.07. The number of anilines is 2. The zero-order valence-electron chi connectivity index (χ0n) is 27.8. The van der Waals surface area contributed by atoms with Gasteiger partial charge in [-0.05, 0) is 55.9 Å². The van der Waals surface area contributed by atoms with Gasteiger partial charge in [-0.15, -0.1) is 0 Å². The van der Waals surface area contributed by atoms with Crippen LogP contribution in [0.15, 0.2) is 66.7 Å². The van der Waals surface area contributed by atoms with Gasteiger partial charge in [0.25, 0.3) is 0 Å². The number of fused-ring (bicyclic) bond motifs is 2. The quantitative estimate of drug-likeness (QED) is 0.259. The van der Waals surface area contributed by atoms with Crippen molar-refractivity contribution in [3.63, 3.8) is 0 Å². The van der Waals surface area contributed by atoms with Crippen molar-refractivity contribution in [3.8, 4) is 12.1 Å². The first kappa shape index (κ1) is 31.8. The van der Waals surface area contributed by atoms with Crippen molar-refractivity contribution < 1.29 is 9.53 Å². The van der Waals surface area contributed by atoms with E-state index in [1.54, 1.807) is 0 Å². The smallest absolute Gasteiger partial charge is 0.318 e. The molecular formula is C38H41ClN8O2. The minimum Gasteiger partial charge on any atom is -0.462 e. The Morgan fingerprint density at radius 2 is 1.84 bits per heavy atom. The summed E-state index contributed by atoms with van der Waals surface area (Å²) in [4.78, 5) is 32.7. The first-order valence-corrected chi connectivity index (χ1v) is 17.7. The van der Waals surface area contributed by atoms with Crippen molar-refractivity contribution in [2.24, 2.45) is 0 Å². The molecule has 3 saturated heterocycles. The fraction of sp³-hybridized carbons (Fsp3) is 0.421. The molecule has 5 heterocycles. The maximum atomic E-state index is 13.8. The van der Waals surface area contributed by atoms with Crippen LogP contribution in [0.1, 0.15) is 42.1 Å². The Bertz CT molecular complexity index is 1900. The van der Waals surface area contributed by atoms with Gasteiger partial charge >= 0.3 is 6.01 Å². The molecule has 49 heavy (non-hydrogen) atoms. The molecule has 4 aromatic rings. The summed E-state index contributed by atoms with van der Waals surface area (Å²) in [6.45, 7) is 4.66. The van der Waals surface area contributed by atoms with Crippen LogP contribution in [0.25, 0.3) is 10.8 Å². The predicted molar refractivity (Wildman–Crippen MR) is 191 cm³/mol. The second-order valence-electron chi connectivity index (χ2n) is 13.7. The fourth-order valence-electron chi connectivity index (χ4n) is 7.92. The number of benzene rings is 3. The molecule has 1 aromatic heterocycles. The van der Waals surface area contributed by atoms with Crippen LogP contribution in [0.3, 0.4) is 0 Å². The van der Waals surface area contributed by atoms with Gasteiger partial charge < -0.3 is 24.3 Å². The number of carbonyl (C=O) groups excluding carboxylic acids is 1. The summed E-state index contributed by atoms with van der Waals surface area (Å²) in [5.41, 5.74) is 4.25. The lowest BCUT2D eigenvalue weighted by Gasteiger charge is -2.42. The minimum atomic E-state index is -0.260. The number of nitrogens with zero attached hydrogens (tertiary/aromatic N) is 7. The molecule has 1 N–H and O–H groups in total. The normalized spacial score (nSPS) is 23.7. The van der Waals surface area contributed by atoms with Crippen LogP contribution in [0.4, 0.5) is 11.5 Å². The molecule has 0 aliphatic carbocycles. The van der Waals surface area contributed by atoms with Gasteiger partial charge in [0.2, 0.25) is 5.91 Å². The standard InChI is InChI=1S/C38H41ClN8O2/c1-44-18-7-12-28(44)24-49-38-41-31-23-45(32-14-6-11-25-10-5-13-30(39)33(25)32)19-16-29(31)36(43-38)46-20-21-47(27(22-46)15-17-40)37(48)35-34(42-35)26-8-3-2-4-9-26/h2-6,8-11,13-14,27-28,34-35,42H,7,12,15-16,18-24H2,1H3/t27-,28-,34+,35-/m0/s1. The number of aromatic nitrogens is 2. The van der Waals surface area contributed by atoms with Gasteiger partial charge in [0, 0.05) is 48.9 Å². The van der Waals surface area contributed by atoms with Gasteiger partial charge in [-0.3, -0.25) is 10.1 Å². The molecule has 4 aliphatic heterocycles. The monoisotopic (exact) mass is 676 g/mol. The zero-order valence-corrected chi connectivity index (χ0v) is 28.5. The molecule has 4 atom stereocenters. The molecule has 3 aromatic carbocycles. The summed E-state index contributed by atoms with van der Waals surface area (Å²) in [5.74, 6) is 0.921. The maximum Gasteiger partial charge on any atom is 0.318 e. The third-order valence-corrected chi connectivity index (χ3v) is 11.0. The number of rotatable bonds is 8. The number of likely N-dealkylation sites (tertiary alicyclic amines) is 1. The number of piperazine rings is 1. The molecule has 4 aliphatic rings. The van der Waals surface area contributed by atoms with E-state index >= 15 is 0 Å². The molecule has 0 saturated carbocycles. The topological polar surface area (TPSA) is 111 Å². The average Bonchev–Trinajstić information content (AvgIpc) is 3.83. The van der Waals surface area contributed by atoms with Crippen molar-refractivity contribution >= 4 is 39.8 Å². The van der Waals surface area contributed by atoms with E-state index in [1.807, 2.05) is 47.4 Å². The Morgan fingerprint density at radius 1 is 1.00 bits per heavy atom. The lowest BCUT2D eigenvalue weighted by molar-refractivity contribution is -0.133. The van der Waals surface area contributed by atoms with E-state index in [4.69, 9.17) is 26.3 Å². The van der Waals surface area contributed by atoms with Crippen molar-refractivity contribution in [2.45, 2.75) is 56.4 Å². The second kappa shape index (κ2) is 13.5. The molecule has 11 heteroatoms. The fourth-order valence-corrected chi connectivity index (χ4v) is 8.20. The molecule has 1 amide bonds. The van der Waals surface area contributed by atoms with Gasteiger partial charge in [-0.2, -0.15) is 15.2 Å². The summed E-state index contributed by atoms with van der Waals surface area (Å²) in [7, 11) is 2.14. The van der Waals surface area contributed by atoms with E-state index in [9.17, 15) is 10.1 Å². The molecular weight excluding hydrogens is 636 g/mol. The second-order valence-corrected chi connectivity index (χ2v) is 14.1. The van der Waals surface area contributed by atoms with E-state index in [0.29, 0.717) is 44.8 Å². The summed E-state index contributed by atoms with van der Waals surface area (Å²) in [6, 6.07) is 25.0. The Morgan fingerprint density at radius 3 is 2.63 bits per heavy atom. The van der Waals surface area contributed by atoms with Crippen molar-refractivity contribution in [2.75, 3.05) is 56.2 Å². The van der Waals surface area contributed by atoms with Crippen molar-refractivity contribution in [1.82, 2.24) is 25.1 Å². The predicted octanol–water partition coefficient (Wildman–Crippen LogP) is 4.96.